The molecular weight excluding hydrogens is 270 g/mol. The van der Waals surface area contributed by atoms with Crippen LogP contribution in [0.1, 0.15) is 22.6 Å². The van der Waals surface area contributed by atoms with Crippen LogP contribution in [-0.4, -0.2) is 16.0 Å². The van der Waals surface area contributed by atoms with Crippen molar-refractivity contribution < 1.29 is 14.8 Å². The molecule has 1 N–H and O–H groups in total. The number of carboxylic acid groups (broad SMARTS) is 1. The number of aryl methyl sites for hydroxylation is 1. The van der Waals surface area contributed by atoms with E-state index in [1.54, 1.807) is 24.3 Å². The van der Waals surface area contributed by atoms with Crippen molar-refractivity contribution in [3.8, 4) is 0 Å². The molecule has 108 valence electrons. The minimum atomic E-state index is -0.939. The Hall–Kier alpha value is -2.69. The molecule has 1 unspecified atom stereocenters. The molecule has 5 heteroatoms. The highest BCUT2D eigenvalue weighted by atomic mass is 16.6. The molecule has 5 nitrogen and oxygen atoms in total. The molecule has 0 aromatic heterocycles. The van der Waals surface area contributed by atoms with Gasteiger partial charge in [-0.2, -0.15) is 0 Å². The maximum absolute atomic E-state index is 11.5. The minimum Gasteiger partial charge on any atom is -0.481 e. The third kappa shape index (κ3) is 3.66. The second-order valence-electron chi connectivity index (χ2n) is 4.93. The number of rotatable bonds is 5. The minimum absolute atomic E-state index is 0.0273. The van der Waals surface area contributed by atoms with Crippen LogP contribution in [0.3, 0.4) is 0 Å². The van der Waals surface area contributed by atoms with Gasteiger partial charge in [0.05, 0.1) is 10.8 Å². The number of nitro benzene ring substituents is 1. The number of nitrogens with zero attached hydrogens (tertiary/aromatic N) is 1. The smallest absolute Gasteiger partial charge is 0.311 e. The largest absolute Gasteiger partial charge is 0.481 e. The van der Waals surface area contributed by atoms with Crippen LogP contribution in [0.2, 0.25) is 0 Å². The van der Waals surface area contributed by atoms with Crippen molar-refractivity contribution in [2.24, 2.45) is 0 Å². The molecule has 21 heavy (non-hydrogen) atoms. The van der Waals surface area contributed by atoms with Crippen molar-refractivity contribution in [3.63, 3.8) is 0 Å². The fourth-order valence-corrected chi connectivity index (χ4v) is 2.18. The van der Waals surface area contributed by atoms with Gasteiger partial charge in [-0.25, -0.2) is 0 Å². The Morgan fingerprint density at radius 1 is 1.24 bits per heavy atom. The van der Waals surface area contributed by atoms with Gasteiger partial charge in [-0.15, -0.1) is 0 Å². The van der Waals surface area contributed by atoms with Crippen LogP contribution in [0.25, 0.3) is 0 Å². The molecule has 0 saturated heterocycles. The monoisotopic (exact) mass is 285 g/mol. The Morgan fingerprint density at radius 2 is 1.90 bits per heavy atom. The molecule has 0 radical (unpaired) electrons. The normalized spacial score (nSPS) is 11.9. The van der Waals surface area contributed by atoms with Crippen molar-refractivity contribution in [1.29, 1.82) is 0 Å². The Balaban J connectivity index is 2.28. The summed E-state index contributed by atoms with van der Waals surface area (Å²) in [6.07, 6.45) is 0.222. The first-order valence-electron chi connectivity index (χ1n) is 6.50. The predicted molar refractivity (Wildman–Crippen MR) is 78.4 cm³/mol. The van der Waals surface area contributed by atoms with Gasteiger partial charge in [0, 0.05) is 12.1 Å². The number of nitro groups is 1. The lowest BCUT2D eigenvalue weighted by Gasteiger charge is -2.13. The molecule has 2 rings (SSSR count). The lowest BCUT2D eigenvalue weighted by Crippen LogP contribution is -2.14. The van der Waals surface area contributed by atoms with Gasteiger partial charge in [-0.1, -0.05) is 42.0 Å². The summed E-state index contributed by atoms with van der Waals surface area (Å²) in [6.45, 7) is 1.93. The van der Waals surface area contributed by atoms with E-state index in [4.69, 9.17) is 0 Å². The predicted octanol–water partition coefficient (Wildman–Crippen LogP) is 3.31. The van der Waals surface area contributed by atoms with E-state index in [0.29, 0.717) is 11.1 Å². The molecular formula is C16H15NO4. The quantitative estimate of drug-likeness (QED) is 0.675. The summed E-state index contributed by atoms with van der Waals surface area (Å²) >= 11 is 0. The van der Waals surface area contributed by atoms with E-state index in [2.05, 4.69) is 0 Å². The van der Waals surface area contributed by atoms with Gasteiger partial charge in [0.15, 0.2) is 0 Å². The van der Waals surface area contributed by atoms with Crippen molar-refractivity contribution in [2.75, 3.05) is 0 Å². The fraction of sp³-hybridized carbons (Fsp3) is 0.188. The van der Waals surface area contributed by atoms with Gasteiger partial charge in [0.25, 0.3) is 5.69 Å². The maximum Gasteiger partial charge on any atom is 0.311 e. The highest BCUT2D eigenvalue weighted by Gasteiger charge is 2.21. The average molecular weight is 285 g/mol. The molecule has 0 heterocycles. The number of hydrogen-bond acceptors (Lipinski definition) is 3. The summed E-state index contributed by atoms with van der Waals surface area (Å²) in [4.78, 5) is 21.8. The third-order valence-corrected chi connectivity index (χ3v) is 3.34. The van der Waals surface area contributed by atoms with Crippen LogP contribution in [0.15, 0.2) is 48.5 Å². The Bertz CT molecular complexity index is 664. The van der Waals surface area contributed by atoms with E-state index >= 15 is 0 Å². The number of hydrogen-bond donors (Lipinski definition) is 1. The van der Waals surface area contributed by atoms with Crippen LogP contribution in [0, 0.1) is 17.0 Å². The summed E-state index contributed by atoms with van der Waals surface area (Å²) in [5, 5.41) is 20.2. The summed E-state index contributed by atoms with van der Waals surface area (Å²) in [5.74, 6) is -1.65. The Kier molecular flexibility index (Phi) is 4.33. The van der Waals surface area contributed by atoms with E-state index < -0.39 is 16.8 Å². The fourth-order valence-electron chi connectivity index (χ4n) is 2.18. The van der Waals surface area contributed by atoms with Crippen molar-refractivity contribution in [3.05, 3.63) is 75.3 Å². The van der Waals surface area contributed by atoms with E-state index in [9.17, 15) is 20.0 Å². The zero-order valence-electron chi connectivity index (χ0n) is 11.5. The average Bonchev–Trinajstić information content (AvgIpc) is 2.46. The number of non-ortho nitro benzene ring substituents is 1. The first kappa shape index (κ1) is 14.7. The second kappa shape index (κ2) is 6.17. The molecule has 2 aromatic rings. The van der Waals surface area contributed by atoms with Gasteiger partial charge < -0.3 is 5.11 Å². The standard InChI is InChI=1S/C16H15NO4/c1-11-5-7-13(8-6-11)15(16(18)19)10-12-3-2-4-14(9-12)17(20)21/h2-9,15H,10H2,1H3,(H,18,19). The molecule has 1 atom stereocenters. The van der Waals surface area contributed by atoms with Gasteiger partial charge in [-0.05, 0) is 24.5 Å². The van der Waals surface area contributed by atoms with Crippen LogP contribution >= 0.6 is 0 Å². The Morgan fingerprint density at radius 3 is 2.48 bits per heavy atom. The summed E-state index contributed by atoms with van der Waals surface area (Å²) in [5.41, 5.74) is 2.36. The van der Waals surface area contributed by atoms with Gasteiger partial charge in [0.2, 0.25) is 0 Å². The first-order chi connectivity index (χ1) is 9.97. The summed E-state index contributed by atoms with van der Waals surface area (Å²) < 4.78 is 0. The SMILES string of the molecule is Cc1ccc(C(Cc2cccc([N+](=O)[O-])c2)C(=O)O)cc1. The first-order valence-corrected chi connectivity index (χ1v) is 6.50. The van der Waals surface area contributed by atoms with Gasteiger partial charge in [0.1, 0.15) is 0 Å². The highest BCUT2D eigenvalue weighted by Crippen LogP contribution is 2.24. The molecule has 2 aromatic carbocycles. The lowest BCUT2D eigenvalue weighted by molar-refractivity contribution is -0.384. The van der Waals surface area contributed by atoms with Crippen LogP contribution in [-0.2, 0) is 11.2 Å². The van der Waals surface area contributed by atoms with Gasteiger partial charge in [-0.3, -0.25) is 14.9 Å². The molecule has 0 bridgehead atoms. The molecule has 0 aliphatic rings. The second-order valence-corrected chi connectivity index (χ2v) is 4.93. The van der Waals surface area contributed by atoms with Crippen LogP contribution in [0.5, 0.6) is 0 Å². The van der Waals surface area contributed by atoms with E-state index in [-0.39, 0.29) is 12.1 Å². The van der Waals surface area contributed by atoms with Crippen LogP contribution < -0.4 is 0 Å². The molecule has 0 amide bonds. The van der Waals surface area contributed by atoms with E-state index in [0.717, 1.165) is 5.56 Å². The lowest BCUT2D eigenvalue weighted by atomic mass is 9.91. The number of carboxylic acids is 1. The molecule has 0 fully saturated rings. The number of carbonyl (C=O) groups is 1. The number of benzene rings is 2. The van der Waals surface area contributed by atoms with Crippen molar-refractivity contribution in [1.82, 2.24) is 0 Å². The van der Waals surface area contributed by atoms with Gasteiger partial charge >= 0.3 is 5.97 Å². The molecule has 0 aliphatic heterocycles. The Labute approximate surface area is 122 Å². The summed E-state index contributed by atoms with van der Waals surface area (Å²) in [6, 6.07) is 13.4. The molecule has 0 spiro atoms. The number of aliphatic carboxylic acids is 1. The van der Waals surface area contributed by atoms with Crippen LogP contribution in [0.4, 0.5) is 5.69 Å². The topological polar surface area (TPSA) is 80.4 Å². The molecule has 0 aliphatic carbocycles. The summed E-state index contributed by atoms with van der Waals surface area (Å²) in [7, 11) is 0. The maximum atomic E-state index is 11.5. The van der Waals surface area contributed by atoms with Crippen molar-refractivity contribution in [2.45, 2.75) is 19.3 Å². The van der Waals surface area contributed by atoms with E-state index in [1.165, 1.54) is 12.1 Å². The third-order valence-electron chi connectivity index (χ3n) is 3.34. The van der Waals surface area contributed by atoms with Crippen molar-refractivity contribution >= 4 is 11.7 Å². The zero-order valence-corrected chi connectivity index (χ0v) is 11.5. The molecule has 0 saturated carbocycles. The zero-order chi connectivity index (χ0) is 15.4. The van der Waals surface area contributed by atoms with E-state index in [1.807, 2.05) is 19.1 Å². The highest BCUT2D eigenvalue weighted by molar-refractivity contribution is 5.76.